The molecule has 0 bridgehead atoms. The molecule has 0 spiro atoms. The van der Waals surface area contributed by atoms with E-state index in [9.17, 15) is 5.11 Å². The summed E-state index contributed by atoms with van der Waals surface area (Å²) in [5, 5.41) is 13.7. The summed E-state index contributed by atoms with van der Waals surface area (Å²) in [7, 11) is 1.62. The van der Waals surface area contributed by atoms with E-state index in [1.807, 2.05) is 38.1 Å². The Morgan fingerprint density at radius 1 is 1.14 bits per heavy atom. The van der Waals surface area contributed by atoms with Crippen LogP contribution in [0.15, 0.2) is 42.9 Å². The van der Waals surface area contributed by atoms with Crippen molar-refractivity contribution in [1.29, 1.82) is 0 Å². The number of methoxy groups -OCH3 is 1. The van der Waals surface area contributed by atoms with E-state index >= 15 is 0 Å². The second kappa shape index (κ2) is 7.15. The lowest BCUT2D eigenvalue weighted by Gasteiger charge is -2.24. The second-order valence-electron chi connectivity index (χ2n) is 5.03. The van der Waals surface area contributed by atoms with Crippen molar-refractivity contribution < 1.29 is 9.84 Å². The first-order chi connectivity index (χ1) is 10.1. The Balaban J connectivity index is 2.00. The first kappa shape index (κ1) is 15.4. The summed E-state index contributed by atoms with van der Waals surface area (Å²) < 4.78 is 5.12. The summed E-state index contributed by atoms with van der Waals surface area (Å²) in [6.07, 6.45) is 4.43. The number of benzene rings is 1. The predicted molar refractivity (Wildman–Crippen MR) is 81.0 cm³/mol. The van der Waals surface area contributed by atoms with Crippen LogP contribution in [0.25, 0.3) is 0 Å². The summed E-state index contributed by atoms with van der Waals surface area (Å²) in [6, 6.07) is 7.33. The molecule has 112 valence electrons. The van der Waals surface area contributed by atoms with Crippen LogP contribution >= 0.6 is 0 Å². The van der Waals surface area contributed by atoms with Gasteiger partial charge in [-0.15, -0.1) is 0 Å². The normalized spacial score (nSPS) is 15.2. The Kier molecular flexibility index (Phi) is 5.25. The zero-order valence-corrected chi connectivity index (χ0v) is 12.5. The van der Waals surface area contributed by atoms with Gasteiger partial charge in [0.1, 0.15) is 5.75 Å². The van der Waals surface area contributed by atoms with E-state index in [2.05, 4.69) is 15.3 Å². The standard InChI is InChI=1S/C16H21N3O2/c1-11(15-10-17-8-9-18-15)19-12(2)16(20)13-4-6-14(21-3)7-5-13/h4-12,16,19-20H,1-3H3/t11-,12-,16-/m1/s1. The third-order valence-electron chi connectivity index (χ3n) is 3.47. The molecule has 2 N–H and O–H groups in total. The molecule has 0 aliphatic carbocycles. The molecule has 3 atom stereocenters. The maximum absolute atomic E-state index is 10.4. The minimum absolute atomic E-state index is 0.0154. The van der Waals surface area contributed by atoms with Crippen molar-refractivity contribution in [3.05, 3.63) is 54.1 Å². The summed E-state index contributed by atoms with van der Waals surface area (Å²) in [5.41, 5.74) is 1.70. The molecule has 5 nitrogen and oxygen atoms in total. The molecule has 0 saturated carbocycles. The van der Waals surface area contributed by atoms with Crippen molar-refractivity contribution in [2.75, 3.05) is 7.11 Å². The Morgan fingerprint density at radius 2 is 1.86 bits per heavy atom. The number of nitrogens with one attached hydrogen (secondary N) is 1. The van der Waals surface area contributed by atoms with Gasteiger partial charge < -0.3 is 15.2 Å². The molecule has 0 radical (unpaired) electrons. The van der Waals surface area contributed by atoms with Crippen molar-refractivity contribution in [1.82, 2.24) is 15.3 Å². The lowest BCUT2D eigenvalue weighted by Crippen LogP contribution is -2.34. The molecule has 0 aliphatic rings. The molecule has 0 fully saturated rings. The Morgan fingerprint density at radius 3 is 2.43 bits per heavy atom. The van der Waals surface area contributed by atoms with Gasteiger partial charge in [0.2, 0.25) is 0 Å². The topological polar surface area (TPSA) is 67.3 Å². The number of hydrogen-bond donors (Lipinski definition) is 2. The highest BCUT2D eigenvalue weighted by molar-refractivity contribution is 5.29. The average molecular weight is 287 g/mol. The molecule has 0 saturated heterocycles. The first-order valence-corrected chi connectivity index (χ1v) is 6.95. The summed E-state index contributed by atoms with van der Waals surface area (Å²) >= 11 is 0. The highest BCUT2D eigenvalue weighted by atomic mass is 16.5. The number of ether oxygens (including phenoxy) is 1. The molecule has 0 amide bonds. The molecule has 2 rings (SSSR count). The quantitative estimate of drug-likeness (QED) is 0.853. The van der Waals surface area contributed by atoms with E-state index in [0.717, 1.165) is 17.0 Å². The van der Waals surface area contributed by atoms with Crippen LogP contribution in [-0.2, 0) is 0 Å². The van der Waals surface area contributed by atoms with Gasteiger partial charge in [-0.2, -0.15) is 0 Å². The van der Waals surface area contributed by atoms with Gasteiger partial charge in [-0.3, -0.25) is 9.97 Å². The molecule has 1 aromatic heterocycles. The minimum Gasteiger partial charge on any atom is -0.497 e. The third-order valence-corrected chi connectivity index (χ3v) is 3.47. The lowest BCUT2D eigenvalue weighted by molar-refractivity contribution is 0.130. The van der Waals surface area contributed by atoms with Crippen molar-refractivity contribution in [2.24, 2.45) is 0 Å². The fourth-order valence-corrected chi connectivity index (χ4v) is 2.19. The Hall–Kier alpha value is -1.98. The maximum atomic E-state index is 10.4. The van der Waals surface area contributed by atoms with Crippen LogP contribution in [0.3, 0.4) is 0 Å². The van der Waals surface area contributed by atoms with Gasteiger partial charge >= 0.3 is 0 Å². The van der Waals surface area contributed by atoms with Crippen LogP contribution < -0.4 is 10.1 Å². The number of nitrogens with zero attached hydrogens (tertiary/aromatic N) is 2. The van der Waals surface area contributed by atoms with Crippen molar-refractivity contribution in [2.45, 2.75) is 32.0 Å². The van der Waals surface area contributed by atoms with Gasteiger partial charge in [0, 0.05) is 30.7 Å². The van der Waals surface area contributed by atoms with E-state index in [1.165, 1.54) is 0 Å². The van der Waals surface area contributed by atoms with Gasteiger partial charge in [-0.05, 0) is 31.5 Å². The molecular weight excluding hydrogens is 266 g/mol. The molecule has 21 heavy (non-hydrogen) atoms. The second-order valence-corrected chi connectivity index (χ2v) is 5.03. The summed E-state index contributed by atoms with van der Waals surface area (Å²) in [4.78, 5) is 8.32. The zero-order chi connectivity index (χ0) is 15.2. The Bertz CT molecular complexity index is 545. The van der Waals surface area contributed by atoms with Crippen LogP contribution in [0.2, 0.25) is 0 Å². The van der Waals surface area contributed by atoms with Gasteiger partial charge in [-0.25, -0.2) is 0 Å². The van der Waals surface area contributed by atoms with E-state index in [4.69, 9.17) is 4.74 Å². The number of hydrogen-bond acceptors (Lipinski definition) is 5. The highest BCUT2D eigenvalue weighted by Gasteiger charge is 2.19. The molecular formula is C16H21N3O2. The van der Waals surface area contributed by atoms with Crippen molar-refractivity contribution in [3.63, 3.8) is 0 Å². The van der Waals surface area contributed by atoms with Gasteiger partial charge in [0.25, 0.3) is 0 Å². The molecule has 5 heteroatoms. The van der Waals surface area contributed by atoms with E-state index in [1.54, 1.807) is 25.7 Å². The lowest BCUT2D eigenvalue weighted by atomic mass is 10.0. The smallest absolute Gasteiger partial charge is 0.118 e. The number of aromatic nitrogens is 2. The molecule has 1 heterocycles. The van der Waals surface area contributed by atoms with Crippen LogP contribution in [0, 0.1) is 0 Å². The fraction of sp³-hybridized carbons (Fsp3) is 0.375. The molecule has 1 aromatic carbocycles. The van der Waals surface area contributed by atoms with Crippen LogP contribution in [0.5, 0.6) is 5.75 Å². The van der Waals surface area contributed by atoms with Crippen LogP contribution in [0.1, 0.15) is 37.3 Å². The predicted octanol–water partition coefficient (Wildman–Crippen LogP) is 2.26. The number of aliphatic hydroxyl groups is 1. The molecule has 0 unspecified atom stereocenters. The highest BCUT2D eigenvalue weighted by Crippen LogP contribution is 2.21. The SMILES string of the molecule is COc1ccc([C@H](O)[C@@H](C)N[C@H](C)c2cnccn2)cc1. The van der Waals surface area contributed by atoms with Crippen LogP contribution in [0.4, 0.5) is 0 Å². The number of aliphatic hydroxyl groups excluding tert-OH is 1. The summed E-state index contributed by atoms with van der Waals surface area (Å²) in [6.45, 7) is 3.95. The first-order valence-electron chi connectivity index (χ1n) is 6.95. The van der Waals surface area contributed by atoms with Gasteiger partial charge in [-0.1, -0.05) is 12.1 Å². The monoisotopic (exact) mass is 287 g/mol. The number of rotatable bonds is 6. The van der Waals surface area contributed by atoms with Crippen LogP contribution in [-0.4, -0.2) is 28.2 Å². The van der Waals surface area contributed by atoms with Crippen molar-refractivity contribution >= 4 is 0 Å². The Labute approximate surface area is 125 Å². The average Bonchev–Trinajstić information content (AvgIpc) is 2.55. The molecule has 2 aromatic rings. The minimum atomic E-state index is -0.602. The van der Waals surface area contributed by atoms with E-state index < -0.39 is 6.10 Å². The zero-order valence-electron chi connectivity index (χ0n) is 12.5. The molecule has 0 aliphatic heterocycles. The van der Waals surface area contributed by atoms with Gasteiger partial charge in [0.05, 0.1) is 18.9 Å². The van der Waals surface area contributed by atoms with Gasteiger partial charge in [0.15, 0.2) is 0 Å². The largest absolute Gasteiger partial charge is 0.497 e. The maximum Gasteiger partial charge on any atom is 0.118 e. The summed E-state index contributed by atoms with van der Waals surface area (Å²) in [5.74, 6) is 0.777. The van der Waals surface area contributed by atoms with E-state index in [-0.39, 0.29) is 12.1 Å². The van der Waals surface area contributed by atoms with E-state index in [0.29, 0.717) is 0 Å². The third kappa shape index (κ3) is 4.00. The fourth-order valence-electron chi connectivity index (χ4n) is 2.19. The van der Waals surface area contributed by atoms with Crippen molar-refractivity contribution in [3.8, 4) is 5.75 Å².